The molecule has 0 heterocycles. The van der Waals surface area contributed by atoms with Crippen LogP contribution in [0.15, 0.2) is 16.6 Å². The minimum atomic E-state index is -0.657. The molecule has 1 aromatic rings. The Morgan fingerprint density at radius 3 is 2.67 bits per heavy atom. The summed E-state index contributed by atoms with van der Waals surface area (Å²) in [5.74, 6) is -0.261. The van der Waals surface area contributed by atoms with Gasteiger partial charge in [0.1, 0.15) is 0 Å². The molecule has 0 radical (unpaired) electrons. The molecule has 1 rings (SSSR count). The van der Waals surface area contributed by atoms with E-state index in [4.69, 9.17) is 10.5 Å². The molecule has 3 N–H and O–H groups in total. The Bertz CT molecular complexity index is 390. The van der Waals surface area contributed by atoms with E-state index in [0.29, 0.717) is 4.47 Å². The number of aromatic hydroxyl groups is 1. The third-order valence-electron chi connectivity index (χ3n) is 1.94. The summed E-state index contributed by atoms with van der Waals surface area (Å²) in [4.78, 5) is 11.6. The van der Waals surface area contributed by atoms with Gasteiger partial charge >= 0.3 is 0 Å². The molecule has 82 valence electrons. The third-order valence-corrected chi connectivity index (χ3v) is 2.40. The molecule has 15 heavy (non-hydrogen) atoms. The number of rotatable bonds is 3. The molecule has 1 aromatic carbocycles. The third kappa shape index (κ3) is 2.49. The number of ether oxygens (including phenoxy) is 1. The summed E-state index contributed by atoms with van der Waals surface area (Å²) in [5, 5.41) is 9.71. The number of benzene rings is 1. The fourth-order valence-corrected chi connectivity index (χ4v) is 1.60. The summed E-state index contributed by atoms with van der Waals surface area (Å²) >= 11 is 3.22. The lowest BCUT2D eigenvalue weighted by Gasteiger charge is -2.10. The minimum absolute atomic E-state index is 0.163. The van der Waals surface area contributed by atoms with E-state index >= 15 is 0 Å². The van der Waals surface area contributed by atoms with Crippen molar-refractivity contribution in [2.45, 2.75) is 13.0 Å². The number of ketones is 1. The van der Waals surface area contributed by atoms with Crippen molar-refractivity contribution in [3.05, 3.63) is 22.2 Å². The van der Waals surface area contributed by atoms with Crippen LogP contribution in [-0.2, 0) is 0 Å². The van der Waals surface area contributed by atoms with Crippen LogP contribution in [0.5, 0.6) is 11.5 Å². The number of phenols is 1. The Labute approximate surface area is 96.2 Å². The zero-order valence-corrected chi connectivity index (χ0v) is 10.0. The molecule has 0 aliphatic rings. The zero-order chi connectivity index (χ0) is 11.6. The predicted octanol–water partition coefficient (Wildman–Crippen LogP) is 1.69. The van der Waals surface area contributed by atoms with Crippen LogP contribution < -0.4 is 10.5 Å². The first-order valence-electron chi connectivity index (χ1n) is 4.33. The van der Waals surface area contributed by atoms with Gasteiger partial charge in [0.2, 0.25) is 0 Å². The average molecular weight is 274 g/mol. The number of Topliss-reactive ketones (excluding diaryl/α,β-unsaturated/α-hetero) is 1. The molecule has 0 amide bonds. The van der Waals surface area contributed by atoms with Crippen molar-refractivity contribution in [1.29, 1.82) is 0 Å². The van der Waals surface area contributed by atoms with Crippen molar-refractivity contribution in [1.82, 2.24) is 0 Å². The molecule has 0 aliphatic heterocycles. The summed E-state index contributed by atoms with van der Waals surface area (Å²) in [6.07, 6.45) is 0. The van der Waals surface area contributed by atoms with Gasteiger partial charge in [-0.15, -0.1) is 0 Å². The Morgan fingerprint density at radius 1 is 1.60 bits per heavy atom. The van der Waals surface area contributed by atoms with Gasteiger partial charge in [-0.25, -0.2) is 0 Å². The van der Waals surface area contributed by atoms with Crippen LogP contribution in [0.1, 0.15) is 17.3 Å². The first kappa shape index (κ1) is 12.0. The van der Waals surface area contributed by atoms with Crippen LogP contribution in [-0.4, -0.2) is 24.0 Å². The molecule has 0 saturated carbocycles. The van der Waals surface area contributed by atoms with E-state index in [1.54, 1.807) is 13.0 Å². The first-order valence-corrected chi connectivity index (χ1v) is 5.13. The van der Waals surface area contributed by atoms with Crippen molar-refractivity contribution in [3.63, 3.8) is 0 Å². The van der Waals surface area contributed by atoms with Crippen LogP contribution in [0.25, 0.3) is 0 Å². The SMILES string of the molecule is COc1cc(Br)cc(C(=O)C(C)N)c1O. The molecule has 1 unspecified atom stereocenters. The Morgan fingerprint density at radius 2 is 2.20 bits per heavy atom. The van der Waals surface area contributed by atoms with Crippen LogP contribution in [0.2, 0.25) is 0 Å². The van der Waals surface area contributed by atoms with E-state index in [2.05, 4.69) is 15.9 Å². The maximum absolute atomic E-state index is 11.6. The highest BCUT2D eigenvalue weighted by Gasteiger charge is 2.19. The lowest BCUT2D eigenvalue weighted by Crippen LogP contribution is -2.26. The fourth-order valence-electron chi connectivity index (χ4n) is 1.16. The van der Waals surface area contributed by atoms with E-state index in [9.17, 15) is 9.90 Å². The second-order valence-electron chi connectivity index (χ2n) is 3.16. The van der Waals surface area contributed by atoms with Gasteiger partial charge in [0.15, 0.2) is 17.3 Å². The van der Waals surface area contributed by atoms with Crippen LogP contribution in [0.4, 0.5) is 0 Å². The molecule has 0 saturated heterocycles. The summed E-state index contributed by atoms with van der Waals surface area (Å²) < 4.78 is 5.58. The number of hydrogen-bond acceptors (Lipinski definition) is 4. The van der Waals surface area contributed by atoms with E-state index in [0.717, 1.165) is 0 Å². The van der Waals surface area contributed by atoms with Gasteiger partial charge in [-0.05, 0) is 19.1 Å². The van der Waals surface area contributed by atoms with Gasteiger partial charge < -0.3 is 15.6 Å². The Balaban J connectivity index is 3.29. The van der Waals surface area contributed by atoms with Crippen molar-refractivity contribution in [2.24, 2.45) is 5.73 Å². The lowest BCUT2D eigenvalue weighted by molar-refractivity contribution is 0.0964. The van der Waals surface area contributed by atoms with Gasteiger partial charge in [-0.1, -0.05) is 15.9 Å². The smallest absolute Gasteiger partial charge is 0.183 e. The van der Waals surface area contributed by atoms with Crippen molar-refractivity contribution in [2.75, 3.05) is 7.11 Å². The van der Waals surface area contributed by atoms with E-state index < -0.39 is 6.04 Å². The normalized spacial score (nSPS) is 12.3. The van der Waals surface area contributed by atoms with Crippen LogP contribution in [0, 0.1) is 0 Å². The van der Waals surface area contributed by atoms with Crippen LogP contribution in [0.3, 0.4) is 0 Å². The molecule has 5 heteroatoms. The number of hydrogen-bond donors (Lipinski definition) is 2. The summed E-state index contributed by atoms with van der Waals surface area (Å²) in [5.41, 5.74) is 5.62. The number of nitrogens with two attached hydrogens (primary N) is 1. The van der Waals surface area contributed by atoms with Crippen molar-refractivity contribution in [3.8, 4) is 11.5 Å². The summed E-state index contributed by atoms with van der Waals surface area (Å²) in [7, 11) is 1.42. The highest BCUT2D eigenvalue weighted by atomic mass is 79.9. The zero-order valence-electron chi connectivity index (χ0n) is 8.45. The second-order valence-corrected chi connectivity index (χ2v) is 4.07. The minimum Gasteiger partial charge on any atom is -0.504 e. The molecule has 0 spiro atoms. The number of phenolic OH excluding ortho intramolecular Hbond substituents is 1. The molecule has 0 fully saturated rings. The summed E-state index contributed by atoms with van der Waals surface area (Å²) in [6.45, 7) is 1.56. The van der Waals surface area contributed by atoms with Gasteiger partial charge in [0, 0.05) is 4.47 Å². The quantitative estimate of drug-likeness (QED) is 0.823. The molecular weight excluding hydrogens is 262 g/mol. The fraction of sp³-hybridized carbons (Fsp3) is 0.300. The van der Waals surface area contributed by atoms with Gasteiger partial charge in [0.25, 0.3) is 0 Å². The second kappa shape index (κ2) is 4.63. The maximum Gasteiger partial charge on any atom is 0.183 e. The molecule has 1 atom stereocenters. The van der Waals surface area contributed by atoms with Crippen molar-refractivity contribution >= 4 is 21.7 Å². The van der Waals surface area contributed by atoms with E-state index in [-0.39, 0.29) is 22.8 Å². The molecule has 0 aromatic heterocycles. The number of methoxy groups -OCH3 is 1. The van der Waals surface area contributed by atoms with Gasteiger partial charge in [-0.2, -0.15) is 0 Å². The largest absolute Gasteiger partial charge is 0.504 e. The number of carbonyl (C=O) groups is 1. The number of carbonyl (C=O) groups excluding carboxylic acids is 1. The first-order chi connectivity index (χ1) is 6.97. The Kier molecular flexibility index (Phi) is 3.71. The lowest BCUT2D eigenvalue weighted by atomic mass is 10.0. The Hall–Kier alpha value is -1.07. The monoisotopic (exact) mass is 273 g/mol. The van der Waals surface area contributed by atoms with E-state index in [1.165, 1.54) is 13.2 Å². The summed E-state index contributed by atoms with van der Waals surface area (Å²) in [6, 6.07) is 2.44. The topological polar surface area (TPSA) is 72.5 Å². The molecule has 0 aliphatic carbocycles. The average Bonchev–Trinajstić information content (AvgIpc) is 2.19. The van der Waals surface area contributed by atoms with Gasteiger partial charge in [0.05, 0.1) is 18.7 Å². The van der Waals surface area contributed by atoms with E-state index in [1.807, 2.05) is 0 Å². The standard InChI is InChI=1S/C10H12BrNO3/c1-5(12)9(13)7-3-6(11)4-8(15-2)10(7)14/h3-5,14H,12H2,1-2H3. The predicted molar refractivity (Wildman–Crippen MR) is 60.3 cm³/mol. The highest BCUT2D eigenvalue weighted by molar-refractivity contribution is 9.10. The molecule has 0 bridgehead atoms. The highest BCUT2D eigenvalue weighted by Crippen LogP contribution is 2.34. The molecular formula is C10H12BrNO3. The van der Waals surface area contributed by atoms with Crippen LogP contribution >= 0.6 is 15.9 Å². The molecule has 4 nitrogen and oxygen atoms in total. The maximum atomic E-state index is 11.6. The van der Waals surface area contributed by atoms with Gasteiger partial charge in [-0.3, -0.25) is 4.79 Å². The van der Waals surface area contributed by atoms with Crippen molar-refractivity contribution < 1.29 is 14.6 Å². The number of halogens is 1.